The third kappa shape index (κ3) is 55.2. The number of hydrogen-bond acceptors (Lipinski definition) is 5. The monoisotopic (exact) mass is 943 g/mol. The van der Waals surface area contributed by atoms with Crippen molar-refractivity contribution in [3.05, 3.63) is 109 Å². The number of ether oxygens (including phenoxy) is 3. The average Bonchev–Trinajstić information content (AvgIpc) is 3.34. The molecule has 0 spiro atoms. The van der Waals surface area contributed by atoms with Crippen LogP contribution in [0.25, 0.3) is 0 Å². The predicted molar refractivity (Wildman–Crippen MR) is 297 cm³/mol. The zero-order valence-electron chi connectivity index (χ0n) is 44.6. The number of rotatable bonds is 51. The zero-order valence-corrected chi connectivity index (χ0v) is 44.6. The van der Waals surface area contributed by atoms with E-state index < -0.39 is 6.10 Å². The van der Waals surface area contributed by atoms with Gasteiger partial charge in [-0.25, -0.2) is 0 Å². The zero-order chi connectivity index (χ0) is 49.2. The summed E-state index contributed by atoms with van der Waals surface area (Å²) in [5.41, 5.74) is 0. The van der Waals surface area contributed by atoms with Crippen LogP contribution in [0.5, 0.6) is 0 Å². The topological polar surface area (TPSA) is 61.8 Å². The number of unbranched alkanes of at least 4 members (excludes halogenated alkanes) is 22. The molecule has 0 aliphatic heterocycles. The molecule has 0 saturated heterocycles. The second kappa shape index (κ2) is 57.9. The van der Waals surface area contributed by atoms with E-state index in [2.05, 4.69) is 130 Å². The fourth-order valence-electron chi connectivity index (χ4n) is 7.60. The van der Waals surface area contributed by atoms with Gasteiger partial charge in [0.05, 0.1) is 6.61 Å². The van der Waals surface area contributed by atoms with Gasteiger partial charge < -0.3 is 14.2 Å². The first-order valence-corrected chi connectivity index (χ1v) is 28.4. The van der Waals surface area contributed by atoms with E-state index in [9.17, 15) is 9.59 Å². The summed E-state index contributed by atoms with van der Waals surface area (Å²) in [7, 11) is 0. The Morgan fingerprint density at radius 2 is 0.662 bits per heavy atom. The van der Waals surface area contributed by atoms with Crippen LogP contribution in [0.1, 0.15) is 252 Å². The van der Waals surface area contributed by atoms with E-state index in [1.165, 1.54) is 96.3 Å². The normalized spacial score (nSPS) is 13.0. The Hall–Kier alpha value is -3.44. The van der Waals surface area contributed by atoms with Gasteiger partial charge in [0, 0.05) is 19.4 Å². The first kappa shape index (κ1) is 64.6. The van der Waals surface area contributed by atoms with Gasteiger partial charge in [-0.15, -0.1) is 0 Å². The Labute approximate surface area is 421 Å². The maximum absolute atomic E-state index is 12.9. The molecule has 0 rings (SSSR count). The van der Waals surface area contributed by atoms with Gasteiger partial charge in [-0.3, -0.25) is 9.59 Å². The van der Waals surface area contributed by atoms with Gasteiger partial charge in [0.25, 0.3) is 0 Å². The lowest BCUT2D eigenvalue weighted by molar-refractivity contribution is -0.163. The minimum Gasteiger partial charge on any atom is -0.462 e. The molecule has 0 aromatic rings. The van der Waals surface area contributed by atoms with Gasteiger partial charge in [0.1, 0.15) is 6.61 Å². The largest absolute Gasteiger partial charge is 0.462 e. The highest BCUT2D eigenvalue weighted by atomic mass is 16.6. The van der Waals surface area contributed by atoms with Crippen LogP contribution >= 0.6 is 0 Å². The first-order valence-electron chi connectivity index (χ1n) is 28.4. The van der Waals surface area contributed by atoms with Crippen LogP contribution < -0.4 is 0 Å². The minimum absolute atomic E-state index is 0.0604. The molecule has 68 heavy (non-hydrogen) atoms. The Balaban J connectivity index is 4.36. The maximum atomic E-state index is 12.9. The summed E-state index contributed by atoms with van der Waals surface area (Å²) in [4.78, 5) is 25.5. The molecule has 0 aromatic carbocycles. The lowest BCUT2D eigenvalue weighted by Crippen LogP contribution is -2.30. The second-order valence-electron chi connectivity index (χ2n) is 18.4. The Morgan fingerprint density at radius 3 is 1.06 bits per heavy atom. The van der Waals surface area contributed by atoms with Crippen LogP contribution in [0.4, 0.5) is 0 Å². The highest BCUT2D eigenvalue weighted by Gasteiger charge is 2.17. The summed E-state index contributed by atoms with van der Waals surface area (Å²) in [6, 6.07) is 0. The third-order valence-electron chi connectivity index (χ3n) is 11.8. The summed E-state index contributed by atoms with van der Waals surface area (Å²) in [6.45, 7) is 7.54. The maximum Gasteiger partial charge on any atom is 0.306 e. The molecule has 0 aliphatic carbocycles. The number of carbonyl (C=O) groups is 2. The molecule has 1 atom stereocenters. The van der Waals surface area contributed by atoms with Crippen molar-refractivity contribution < 1.29 is 23.8 Å². The Kier molecular flexibility index (Phi) is 54.9. The molecule has 0 radical (unpaired) electrons. The third-order valence-corrected chi connectivity index (χ3v) is 11.8. The minimum atomic E-state index is -0.563. The second-order valence-corrected chi connectivity index (χ2v) is 18.4. The number of esters is 2. The highest BCUT2D eigenvalue weighted by Crippen LogP contribution is 2.14. The molecule has 0 N–H and O–H groups in total. The molecule has 388 valence electrons. The number of hydrogen-bond donors (Lipinski definition) is 0. The van der Waals surface area contributed by atoms with E-state index in [-0.39, 0.29) is 25.2 Å². The fraction of sp³-hybridized carbons (Fsp3) is 0.683. The molecule has 5 nitrogen and oxygen atoms in total. The smallest absolute Gasteiger partial charge is 0.306 e. The van der Waals surface area contributed by atoms with Crippen molar-refractivity contribution in [3.8, 4) is 0 Å². The molecule has 0 heterocycles. The summed E-state index contributed by atoms with van der Waals surface area (Å²) in [6.07, 6.45) is 79.6. The molecular weight excluding hydrogens is 837 g/mol. The van der Waals surface area contributed by atoms with E-state index in [0.717, 1.165) is 122 Å². The van der Waals surface area contributed by atoms with Crippen molar-refractivity contribution in [1.82, 2.24) is 0 Å². The molecule has 0 aromatic heterocycles. The first-order chi connectivity index (χ1) is 33.6. The van der Waals surface area contributed by atoms with E-state index in [4.69, 9.17) is 14.2 Å². The van der Waals surface area contributed by atoms with Crippen LogP contribution in [0.3, 0.4) is 0 Å². The van der Waals surface area contributed by atoms with E-state index >= 15 is 0 Å². The summed E-state index contributed by atoms with van der Waals surface area (Å²) in [5.74, 6) is -0.440. The van der Waals surface area contributed by atoms with Gasteiger partial charge in [-0.05, 0) is 122 Å². The Morgan fingerprint density at radius 1 is 0.338 bits per heavy atom. The average molecular weight is 944 g/mol. The fourth-order valence-corrected chi connectivity index (χ4v) is 7.60. The van der Waals surface area contributed by atoms with E-state index in [1.807, 2.05) is 0 Å². The van der Waals surface area contributed by atoms with Gasteiger partial charge >= 0.3 is 11.9 Å². The molecule has 0 saturated carbocycles. The van der Waals surface area contributed by atoms with Crippen molar-refractivity contribution >= 4 is 11.9 Å². The van der Waals surface area contributed by atoms with Crippen LogP contribution in [0, 0.1) is 0 Å². The molecule has 0 aliphatic rings. The Bertz CT molecular complexity index is 1340. The van der Waals surface area contributed by atoms with Crippen LogP contribution in [0.2, 0.25) is 0 Å². The lowest BCUT2D eigenvalue weighted by Gasteiger charge is -2.18. The van der Waals surface area contributed by atoms with Crippen molar-refractivity contribution in [2.75, 3.05) is 19.8 Å². The van der Waals surface area contributed by atoms with E-state index in [0.29, 0.717) is 19.4 Å². The summed E-state index contributed by atoms with van der Waals surface area (Å²) >= 11 is 0. The lowest BCUT2D eigenvalue weighted by atomic mass is 10.1. The van der Waals surface area contributed by atoms with Crippen molar-refractivity contribution in [1.29, 1.82) is 0 Å². The van der Waals surface area contributed by atoms with Crippen molar-refractivity contribution in [2.24, 2.45) is 0 Å². The molecule has 0 amide bonds. The predicted octanol–water partition coefficient (Wildman–Crippen LogP) is 19.6. The van der Waals surface area contributed by atoms with Crippen LogP contribution in [-0.4, -0.2) is 37.9 Å². The molecule has 0 bridgehead atoms. The van der Waals surface area contributed by atoms with Crippen LogP contribution in [0.15, 0.2) is 109 Å². The van der Waals surface area contributed by atoms with Gasteiger partial charge in [0.15, 0.2) is 6.10 Å². The van der Waals surface area contributed by atoms with Crippen molar-refractivity contribution in [2.45, 2.75) is 258 Å². The van der Waals surface area contributed by atoms with Gasteiger partial charge in [0.2, 0.25) is 0 Å². The molecular formula is C63H106O5. The number of allylic oxidation sites excluding steroid dienone is 18. The van der Waals surface area contributed by atoms with Crippen molar-refractivity contribution in [3.63, 3.8) is 0 Å². The molecule has 5 heteroatoms. The van der Waals surface area contributed by atoms with Gasteiger partial charge in [-0.2, -0.15) is 0 Å². The SMILES string of the molecule is CC/C=C\C/C=C\C/C=C\C/C=C\CCCCCCC(=O)OCC(COCCCCCCCCCC/C=C\C/C=C\CCCCC)OC(=O)CCCCCCCCC/C=C\C/C=C\C/C=C\CC. The van der Waals surface area contributed by atoms with Gasteiger partial charge in [-0.1, -0.05) is 226 Å². The summed E-state index contributed by atoms with van der Waals surface area (Å²) < 4.78 is 17.5. The highest BCUT2D eigenvalue weighted by molar-refractivity contribution is 5.70. The molecule has 0 fully saturated rings. The summed E-state index contributed by atoms with van der Waals surface area (Å²) in [5, 5.41) is 0. The number of carbonyl (C=O) groups excluding carboxylic acids is 2. The van der Waals surface area contributed by atoms with Crippen LogP contribution in [-0.2, 0) is 23.8 Å². The van der Waals surface area contributed by atoms with E-state index in [1.54, 1.807) is 0 Å². The molecule has 1 unspecified atom stereocenters. The standard InChI is InChI=1S/C63H106O5/c1-4-7-10-13-16-19-22-25-28-31-34-37-40-43-46-49-52-55-58-66-59-61(68-63(65)57-54-51-48-45-42-39-36-33-30-27-24-21-18-15-12-9-6-3)60-67-62(64)56-53-50-47-44-41-38-35-32-29-26-23-20-17-14-11-8-5-2/h8-9,11-12,16-21,25-30,35,38,61H,4-7,10,13-15,22-24,31-34,36-37,39-60H2,1-3H3/b11-8-,12-9-,19-16-,20-17-,21-18-,28-25-,29-26-,30-27-,38-35-. The quantitative estimate of drug-likeness (QED) is 0.0345.